The zero-order valence-electron chi connectivity index (χ0n) is 9.05. The molecule has 1 aromatic carbocycles. The number of aromatic amines is 1. The monoisotopic (exact) mass is 292 g/mol. The lowest BCUT2D eigenvalue weighted by atomic mass is 10.1. The van der Waals surface area contributed by atoms with Crippen molar-refractivity contribution in [2.45, 2.75) is 6.18 Å². The van der Waals surface area contributed by atoms with Gasteiger partial charge in [0.2, 0.25) is 0 Å². The predicted octanol–water partition coefficient (Wildman–Crippen LogP) is 3.25. The second-order valence-corrected chi connectivity index (χ2v) is 4.03. The normalized spacial score (nSPS) is 11.6. The molecule has 0 radical (unpaired) electrons. The molecule has 0 unspecified atom stereocenters. The molecule has 8 heteroatoms. The van der Waals surface area contributed by atoms with Crippen molar-refractivity contribution in [2.24, 2.45) is 0 Å². The van der Waals surface area contributed by atoms with Gasteiger partial charge in [-0.1, -0.05) is 11.6 Å². The number of aromatic nitrogens is 2. The van der Waals surface area contributed by atoms with Crippen molar-refractivity contribution in [1.29, 1.82) is 0 Å². The quantitative estimate of drug-likeness (QED) is 0.820. The van der Waals surface area contributed by atoms with E-state index in [1.165, 1.54) is 12.1 Å². The molecule has 0 aliphatic carbocycles. The number of nitrogens with one attached hydrogen (secondary N) is 1. The molecule has 0 spiro atoms. The molecule has 19 heavy (non-hydrogen) atoms. The molecule has 0 aliphatic heterocycles. The summed E-state index contributed by atoms with van der Waals surface area (Å²) < 4.78 is 50.5. The van der Waals surface area contributed by atoms with Gasteiger partial charge in [-0.05, 0) is 18.2 Å². The van der Waals surface area contributed by atoms with Crippen LogP contribution in [0, 0.1) is 5.82 Å². The Morgan fingerprint density at radius 1 is 1.26 bits per heavy atom. The maximum atomic E-state index is 13.6. The molecule has 1 N–H and O–H groups in total. The van der Waals surface area contributed by atoms with Crippen molar-refractivity contribution in [2.75, 3.05) is 0 Å². The summed E-state index contributed by atoms with van der Waals surface area (Å²) in [5, 5.41) is 0.101. The van der Waals surface area contributed by atoms with Gasteiger partial charge in [-0.3, -0.25) is 4.79 Å². The fourth-order valence-corrected chi connectivity index (χ4v) is 1.58. The molecule has 100 valence electrons. The second kappa shape index (κ2) is 4.65. The Kier molecular flexibility index (Phi) is 3.32. The van der Waals surface area contributed by atoms with Crippen LogP contribution in [0.3, 0.4) is 0 Å². The summed E-state index contributed by atoms with van der Waals surface area (Å²) in [6.45, 7) is 0. The lowest BCUT2D eigenvalue weighted by Gasteiger charge is -2.07. The van der Waals surface area contributed by atoms with Crippen LogP contribution < -0.4 is 5.56 Å². The first-order chi connectivity index (χ1) is 8.79. The zero-order valence-corrected chi connectivity index (χ0v) is 9.81. The third-order valence-electron chi connectivity index (χ3n) is 2.28. The molecule has 0 atom stereocenters. The van der Waals surface area contributed by atoms with E-state index in [0.29, 0.717) is 6.20 Å². The van der Waals surface area contributed by atoms with E-state index >= 15 is 0 Å². The first-order valence-corrected chi connectivity index (χ1v) is 5.29. The minimum Gasteiger partial charge on any atom is -0.315 e. The summed E-state index contributed by atoms with van der Waals surface area (Å²) in [4.78, 5) is 16.5. The lowest BCUT2D eigenvalue weighted by molar-refractivity contribution is -0.141. The summed E-state index contributed by atoms with van der Waals surface area (Å²) in [5.74, 6) is -0.842. The summed E-state index contributed by atoms with van der Waals surface area (Å²) in [7, 11) is 0. The summed E-state index contributed by atoms with van der Waals surface area (Å²) in [5.41, 5.74) is -3.09. The van der Waals surface area contributed by atoms with Gasteiger partial charge in [-0.2, -0.15) is 13.2 Å². The number of nitrogens with zero attached hydrogens (tertiary/aromatic N) is 1. The highest BCUT2D eigenvalue weighted by Crippen LogP contribution is 2.27. The Balaban J connectivity index is 2.56. The predicted molar refractivity (Wildman–Crippen MR) is 60.3 cm³/mol. The highest BCUT2D eigenvalue weighted by atomic mass is 35.5. The van der Waals surface area contributed by atoms with Crippen molar-refractivity contribution in [3.05, 3.63) is 51.3 Å². The van der Waals surface area contributed by atoms with Gasteiger partial charge in [0, 0.05) is 10.6 Å². The van der Waals surface area contributed by atoms with Crippen LogP contribution in [-0.2, 0) is 6.18 Å². The molecule has 0 saturated carbocycles. The van der Waals surface area contributed by atoms with Crippen molar-refractivity contribution >= 4 is 11.6 Å². The fourth-order valence-electron chi connectivity index (χ4n) is 1.42. The van der Waals surface area contributed by atoms with Crippen molar-refractivity contribution < 1.29 is 17.6 Å². The Hall–Kier alpha value is -1.89. The third kappa shape index (κ3) is 2.76. The summed E-state index contributed by atoms with van der Waals surface area (Å²) in [6, 6.07) is 3.41. The number of H-pyrrole nitrogens is 1. The molecule has 0 bridgehead atoms. The largest absolute Gasteiger partial charge is 0.432 e. The van der Waals surface area contributed by atoms with E-state index in [1.807, 2.05) is 0 Å². The molecule has 0 fully saturated rings. The number of benzene rings is 1. The van der Waals surface area contributed by atoms with Gasteiger partial charge in [-0.15, -0.1) is 0 Å². The molecule has 3 nitrogen and oxygen atoms in total. The van der Waals surface area contributed by atoms with E-state index in [1.54, 1.807) is 4.98 Å². The Bertz CT molecular complexity index is 681. The topological polar surface area (TPSA) is 45.8 Å². The standard InChI is InChI=1S/C11H5ClF4N2O/c12-5-1-2-6(7(13)3-5)9-10(19)18-8(4-17-9)11(14,15)16/h1-4H,(H,18,19). The highest BCUT2D eigenvalue weighted by molar-refractivity contribution is 6.30. The molecule has 1 aromatic heterocycles. The van der Waals surface area contributed by atoms with Gasteiger partial charge < -0.3 is 4.98 Å². The second-order valence-electron chi connectivity index (χ2n) is 3.60. The van der Waals surface area contributed by atoms with Gasteiger partial charge in [0.25, 0.3) is 5.56 Å². The molecule has 2 aromatic rings. The van der Waals surface area contributed by atoms with E-state index in [9.17, 15) is 22.4 Å². The Labute approximate surface area is 108 Å². The van der Waals surface area contributed by atoms with Crippen LogP contribution in [0.15, 0.2) is 29.2 Å². The van der Waals surface area contributed by atoms with E-state index in [4.69, 9.17) is 11.6 Å². The fraction of sp³-hybridized carbons (Fsp3) is 0.0909. The molecule has 2 rings (SSSR count). The maximum absolute atomic E-state index is 13.6. The minimum atomic E-state index is -4.72. The number of alkyl halides is 3. The number of hydrogen-bond donors (Lipinski definition) is 1. The average Bonchev–Trinajstić information content (AvgIpc) is 2.28. The number of halogens is 5. The number of hydrogen-bond acceptors (Lipinski definition) is 2. The molecular weight excluding hydrogens is 288 g/mol. The number of rotatable bonds is 1. The summed E-state index contributed by atoms with van der Waals surface area (Å²) >= 11 is 5.53. The minimum absolute atomic E-state index is 0.101. The van der Waals surface area contributed by atoms with E-state index in [2.05, 4.69) is 4.98 Å². The SMILES string of the molecule is O=c1[nH]c(C(F)(F)F)cnc1-c1ccc(Cl)cc1F. The Morgan fingerprint density at radius 3 is 2.47 bits per heavy atom. The van der Waals surface area contributed by atoms with Crippen LogP contribution in [0.2, 0.25) is 5.02 Å². The first kappa shape index (κ1) is 13.5. The van der Waals surface area contributed by atoms with E-state index in [-0.39, 0.29) is 10.6 Å². The maximum Gasteiger partial charge on any atom is 0.432 e. The molecule has 0 aliphatic rings. The summed E-state index contributed by atoms with van der Waals surface area (Å²) in [6.07, 6.45) is -4.28. The van der Waals surface area contributed by atoms with Gasteiger partial charge in [0.1, 0.15) is 17.2 Å². The van der Waals surface area contributed by atoms with Crippen LogP contribution in [0.25, 0.3) is 11.3 Å². The van der Waals surface area contributed by atoms with Gasteiger partial charge in [0.15, 0.2) is 0 Å². The van der Waals surface area contributed by atoms with Crippen molar-refractivity contribution in [3.63, 3.8) is 0 Å². The molecule has 0 amide bonds. The Morgan fingerprint density at radius 2 is 1.95 bits per heavy atom. The van der Waals surface area contributed by atoms with E-state index < -0.39 is 28.9 Å². The third-order valence-corrected chi connectivity index (χ3v) is 2.51. The van der Waals surface area contributed by atoms with Crippen molar-refractivity contribution in [1.82, 2.24) is 9.97 Å². The highest BCUT2D eigenvalue weighted by Gasteiger charge is 2.32. The van der Waals surface area contributed by atoms with Crippen molar-refractivity contribution in [3.8, 4) is 11.3 Å². The van der Waals surface area contributed by atoms with Gasteiger partial charge in [0.05, 0.1) is 6.20 Å². The lowest BCUT2D eigenvalue weighted by Crippen LogP contribution is -2.19. The van der Waals surface area contributed by atoms with Crippen LogP contribution in [0.5, 0.6) is 0 Å². The smallest absolute Gasteiger partial charge is 0.315 e. The van der Waals surface area contributed by atoms with Crippen LogP contribution >= 0.6 is 11.6 Å². The zero-order chi connectivity index (χ0) is 14.2. The average molecular weight is 293 g/mol. The molecule has 1 heterocycles. The first-order valence-electron chi connectivity index (χ1n) is 4.91. The van der Waals surface area contributed by atoms with Gasteiger partial charge >= 0.3 is 6.18 Å². The van der Waals surface area contributed by atoms with Crippen LogP contribution in [-0.4, -0.2) is 9.97 Å². The molecule has 0 saturated heterocycles. The van der Waals surface area contributed by atoms with E-state index in [0.717, 1.165) is 6.07 Å². The van der Waals surface area contributed by atoms with Crippen LogP contribution in [0.4, 0.5) is 17.6 Å². The van der Waals surface area contributed by atoms with Crippen LogP contribution in [0.1, 0.15) is 5.69 Å². The van der Waals surface area contributed by atoms with Gasteiger partial charge in [-0.25, -0.2) is 9.37 Å². The molecular formula is C11H5ClF4N2O.